The Bertz CT molecular complexity index is 650. The van der Waals surface area contributed by atoms with Gasteiger partial charge in [-0.3, -0.25) is 9.78 Å². The molecule has 5 nitrogen and oxygen atoms in total. The van der Waals surface area contributed by atoms with Crippen molar-refractivity contribution in [2.24, 2.45) is 0 Å². The lowest BCUT2D eigenvalue weighted by Gasteiger charge is -2.03. The first-order chi connectivity index (χ1) is 10.1. The Morgan fingerprint density at radius 3 is 3.00 bits per heavy atom. The normalized spacial score (nSPS) is 10.7. The Kier molecular flexibility index (Phi) is 5.22. The molecule has 6 heteroatoms. The van der Waals surface area contributed by atoms with Crippen molar-refractivity contribution >= 4 is 29.3 Å². The number of rotatable bonds is 6. The van der Waals surface area contributed by atoms with Gasteiger partial charge in [0.25, 0.3) is 5.91 Å². The zero-order chi connectivity index (χ0) is 15.1. The van der Waals surface area contributed by atoms with Crippen LogP contribution >= 0.6 is 11.3 Å². The third-order valence-electron chi connectivity index (χ3n) is 2.69. The van der Waals surface area contributed by atoms with Crippen molar-refractivity contribution in [1.29, 1.82) is 0 Å². The van der Waals surface area contributed by atoms with Crippen molar-refractivity contribution in [2.45, 2.75) is 6.42 Å². The quantitative estimate of drug-likeness (QED) is 0.802. The molecule has 0 saturated carbocycles. The van der Waals surface area contributed by atoms with Gasteiger partial charge in [-0.2, -0.15) is 0 Å². The van der Waals surface area contributed by atoms with Gasteiger partial charge in [0, 0.05) is 35.3 Å². The van der Waals surface area contributed by atoms with E-state index in [1.807, 2.05) is 12.1 Å². The lowest BCUT2D eigenvalue weighted by atomic mass is 10.2. The molecule has 2 rings (SSSR count). The van der Waals surface area contributed by atoms with Crippen LogP contribution in [0.25, 0.3) is 6.08 Å². The van der Waals surface area contributed by atoms with Crippen molar-refractivity contribution in [3.63, 3.8) is 0 Å². The highest BCUT2D eigenvalue weighted by Gasteiger charge is 2.07. The summed E-state index contributed by atoms with van der Waals surface area (Å²) < 4.78 is 0. The van der Waals surface area contributed by atoms with Gasteiger partial charge >= 0.3 is 5.97 Å². The zero-order valence-corrected chi connectivity index (χ0v) is 12.0. The maximum Gasteiger partial charge on any atom is 0.328 e. The molecule has 0 spiro atoms. The number of hydrogen-bond acceptors (Lipinski definition) is 4. The number of nitrogens with one attached hydrogen (secondary N) is 1. The van der Waals surface area contributed by atoms with E-state index in [9.17, 15) is 9.59 Å². The predicted octanol–water partition coefficient (Wildman–Crippen LogP) is 2.21. The fraction of sp³-hybridized carbons (Fsp3) is 0.133. The summed E-state index contributed by atoms with van der Waals surface area (Å²) in [5.41, 5.74) is 1.60. The minimum Gasteiger partial charge on any atom is -0.478 e. The fourth-order valence-corrected chi connectivity index (χ4v) is 2.46. The van der Waals surface area contributed by atoms with E-state index in [1.165, 1.54) is 17.4 Å². The summed E-state index contributed by atoms with van der Waals surface area (Å²) in [6.07, 6.45) is 6.72. The highest BCUT2D eigenvalue weighted by atomic mass is 32.1. The highest BCUT2D eigenvalue weighted by Crippen LogP contribution is 2.16. The van der Waals surface area contributed by atoms with Crippen LogP contribution in [0.4, 0.5) is 0 Å². The number of aromatic nitrogens is 1. The molecule has 21 heavy (non-hydrogen) atoms. The molecule has 0 aliphatic heterocycles. The van der Waals surface area contributed by atoms with Gasteiger partial charge in [0.2, 0.25) is 0 Å². The first-order valence-corrected chi connectivity index (χ1v) is 7.20. The molecule has 0 aliphatic rings. The summed E-state index contributed by atoms with van der Waals surface area (Å²) >= 11 is 1.33. The van der Waals surface area contributed by atoms with Crippen LogP contribution < -0.4 is 5.32 Å². The number of carbonyl (C=O) groups excluding carboxylic acids is 1. The van der Waals surface area contributed by atoms with Gasteiger partial charge < -0.3 is 10.4 Å². The number of thiophene rings is 1. The fourth-order valence-electron chi connectivity index (χ4n) is 1.68. The minimum absolute atomic E-state index is 0.162. The van der Waals surface area contributed by atoms with Crippen molar-refractivity contribution in [3.05, 3.63) is 58.1 Å². The van der Waals surface area contributed by atoms with E-state index in [0.29, 0.717) is 12.1 Å². The van der Waals surface area contributed by atoms with Crippen LogP contribution in [-0.2, 0) is 11.2 Å². The molecule has 2 heterocycles. The van der Waals surface area contributed by atoms with Gasteiger partial charge in [0.1, 0.15) is 0 Å². The van der Waals surface area contributed by atoms with Crippen LogP contribution in [0.3, 0.4) is 0 Å². The van der Waals surface area contributed by atoms with E-state index in [1.54, 1.807) is 23.8 Å². The maximum atomic E-state index is 11.9. The van der Waals surface area contributed by atoms with Crippen molar-refractivity contribution < 1.29 is 14.7 Å². The van der Waals surface area contributed by atoms with Crippen molar-refractivity contribution in [3.8, 4) is 0 Å². The number of nitrogens with zero attached hydrogens (tertiary/aromatic N) is 1. The zero-order valence-electron chi connectivity index (χ0n) is 11.2. The Hall–Kier alpha value is -2.47. The van der Waals surface area contributed by atoms with Gasteiger partial charge in [0.15, 0.2) is 0 Å². The Labute approximate surface area is 126 Å². The summed E-state index contributed by atoms with van der Waals surface area (Å²) in [7, 11) is 0. The smallest absolute Gasteiger partial charge is 0.328 e. The molecule has 2 aromatic rings. The lowest BCUT2D eigenvalue weighted by Crippen LogP contribution is -2.25. The van der Waals surface area contributed by atoms with E-state index < -0.39 is 5.97 Å². The van der Waals surface area contributed by atoms with Crippen LogP contribution in [0.15, 0.2) is 42.0 Å². The second kappa shape index (κ2) is 7.35. The average molecular weight is 302 g/mol. The number of pyridine rings is 1. The number of carbonyl (C=O) groups is 2. The van der Waals surface area contributed by atoms with E-state index in [2.05, 4.69) is 10.3 Å². The third kappa shape index (κ3) is 4.85. The highest BCUT2D eigenvalue weighted by molar-refractivity contribution is 7.11. The molecule has 0 radical (unpaired) electrons. The molecule has 0 aliphatic carbocycles. The third-order valence-corrected chi connectivity index (χ3v) is 3.59. The largest absolute Gasteiger partial charge is 0.478 e. The molecule has 0 atom stereocenters. The van der Waals surface area contributed by atoms with Crippen molar-refractivity contribution in [1.82, 2.24) is 10.3 Å². The monoisotopic (exact) mass is 302 g/mol. The maximum absolute atomic E-state index is 11.9. The number of carboxylic acid groups (broad SMARTS) is 1. The van der Waals surface area contributed by atoms with Crippen LogP contribution in [-0.4, -0.2) is 28.5 Å². The molecule has 0 fully saturated rings. The average Bonchev–Trinajstić information content (AvgIpc) is 2.95. The standard InChI is InChI=1S/C15H14N2O3S/c18-14(19)4-3-13-8-12(10-21-13)15(20)17-7-5-11-2-1-6-16-9-11/h1-4,6,8-10H,5,7H2,(H,17,20)(H,18,19). The van der Waals surface area contributed by atoms with Crippen LogP contribution in [0, 0.1) is 0 Å². The topological polar surface area (TPSA) is 79.3 Å². The molecule has 0 saturated heterocycles. The Morgan fingerprint density at radius 2 is 2.29 bits per heavy atom. The number of carboxylic acids is 1. The predicted molar refractivity (Wildman–Crippen MR) is 81.3 cm³/mol. The second-order valence-electron chi connectivity index (χ2n) is 4.28. The molecule has 1 amide bonds. The number of aliphatic carboxylic acids is 1. The molecule has 0 unspecified atom stereocenters. The number of hydrogen-bond donors (Lipinski definition) is 2. The SMILES string of the molecule is O=C(O)C=Cc1cc(C(=O)NCCc2cccnc2)cs1. The molecule has 108 valence electrons. The first kappa shape index (κ1) is 14.9. The van der Waals surface area contributed by atoms with Crippen molar-refractivity contribution in [2.75, 3.05) is 6.54 Å². The van der Waals surface area contributed by atoms with E-state index in [0.717, 1.165) is 22.9 Å². The second-order valence-corrected chi connectivity index (χ2v) is 5.22. The first-order valence-electron chi connectivity index (χ1n) is 6.32. The van der Waals surface area contributed by atoms with Crippen LogP contribution in [0.1, 0.15) is 20.8 Å². The van der Waals surface area contributed by atoms with Gasteiger partial charge in [-0.25, -0.2) is 4.79 Å². The van der Waals surface area contributed by atoms with Gasteiger partial charge in [0.05, 0.1) is 5.56 Å². The summed E-state index contributed by atoms with van der Waals surface area (Å²) in [6, 6.07) is 5.49. The molecule has 0 aromatic carbocycles. The van der Waals surface area contributed by atoms with Crippen LogP contribution in [0.2, 0.25) is 0 Å². The lowest BCUT2D eigenvalue weighted by molar-refractivity contribution is -0.131. The Balaban J connectivity index is 1.85. The van der Waals surface area contributed by atoms with Gasteiger partial charge in [-0.15, -0.1) is 11.3 Å². The van der Waals surface area contributed by atoms with Gasteiger partial charge in [-0.1, -0.05) is 6.07 Å². The summed E-state index contributed by atoms with van der Waals surface area (Å²) in [4.78, 5) is 27.1. The van der Waals surface area contributed by atoms with E-state index in [4.69, 9.17) is 5.11 Å². The minimum atomic E-state index is -1.01. The van der Waals surface area contributed by atoms with Crippen LogP contribution in [0.5, 0.6) is 0 Å². The molecule has 2 aromatic heterocycles. The van der Waals surface area contributed by atoms with E-state index in [-0.39, 0.29) is 5.91 Å². The molecular weight excluding hydrogens is 288 g/mol. The van der Waals surface area contributed by atoms with Gasteiger partial charge in [-0.05, 0) is 30.2 Å². The molecule has 0 bridgehead atoms. The number of amides is 1. The summed E-state index contributed by atoms with van der Waals surface area (Å²) in [6.45, 7) is 0.528. The molecule has 2 N–H and O–H groups in total. The summed E-state index contributed by atoms with van der Waals surface area (Å²) in [5, 5.41) is 13.1. The Morgan fingerprint density at radius 1 is 1.43 bits per heavy atom. The van der Waals surface area contributed by atoms with E-state index >= 15 is 0 Å². The summed E-state index contributed by atoms with van der Waals surface area (Å²) in [5.74, 6) is -1.17. The molecular formula is C15H14N2O3S.